The van der Waals surface area contributed by atoms with Gasteiger partial charge < -0.3 is 30.1 Å². The largest absolute Gasteiger partial charge is 0.379 e. The molecule has 0 radical (unpaired) electrons. The van der Waals surface area contributed by atoms with Crippen molar-refractivity contribution in [2.24, 2.45) is 0 Å². The molecule has 1 aromatic heterocycles. The molecule has 0 atom stereocenters. The minimum atomic E-state index is 0.129. The number of benzene rings is 1. The number of anilines is 4. The number of hydrogen-bond donors (Lipinski definition) is 2. The third-order valence-corrected chi connectivity index (χ3v) is 6.71. The van der Waals surface area contributed by atoms with Gasteiger partial charge in [0.25, 0.3) is 0 Å². The third kappa shape index (κ3) is 6.62. The Morgan fingerprint density at radius 3 is 2.78 bits per heavy atom. The highest BCUT2D eigenvalue weighted by Gasteiger charge is 2.17. The van der Waals surface area contributed by atoms with E-state index in [1.165, 1.54) is 17.4 Å². The zero-order chi connectivity index (χ0) is 25.3. The Morgan fingerprint density at radius 2 is 2.00 bits per heavy atom. The van der Waals surface area contributed by atoms with Crippen LogP contribution in [-0.4, -0.2) is 91.7 Å². The van der Waals surface area contributed by atoms with Crippen LogP contribution in [-0.2, 0) is 16.0 Å². The highest BCUT2D eigenvalue weighted by atomic mass is 16.5. The molecule has 0 bridgehead atoms. The molecule has 0 unspecified atom stereocenters. The molecule has 2 saturated heterocycles. The number of nitrogens with zero attached hydrogens (tertiary/aromatic N) is 6. The average molecular weight is 493 g/mol. The first-order chi connectivity index (χ1) is 17.6. The highest BCUT2D eigenvalue weighted by molar-refractivity contribution is 5.76. The number of ether oxygens (including phenoxy) is 1. The molecular formula is C26H36N8O2. The highest BCUT2D eigenvalue weighted by Crippen LogP contribution is 2.27. The number of carbonyl (C=O) groups is 1. The summed E-state index contributed by atoms with van der Waals surface area (Å²) in [6.07, 6.45) is 3.60. The molecule has 1 aromatic carbocycles. The van der Waals surface area contributed by atoms with Gasteiger partial charge >= 0.3 is 0 Å². The lowest BCUT2D eigenvalue weighted by molar-refractivity contribution is -0.130. The number of nitriles is 1. The second kappa shape index (κ2) is 12.5. The molecule has 1 amide bonds. The number of piperazine rings is 1. The molecule has 0 aliphatic carbocycles. The fraction of sp³-hybridized carbons (Fsp3) is 0.538. The van der Waals surface area contributed by atoms with Crippen LogP contribution in [0.4, 0.5) is 23.1 Å². The van der Waals surface area contributed by atoms with Crippen LogP contribution in [0.3, 0.4) is 0 Å². The van der Waals surface area contributed by atoms with Gasteiger partial charge in [0.05, 0.1) is 25.8 Å². The number of hydrogen-bond acceptors (Lipinski definition) is 9. The Balaban J connectivity index is 1.38. The molecule has 2 aliphatic rings. The molecule has 2 aromatic rings. The van der Waals surface area contributed by atoms with E-state index in [0.717, 1.165) is 44.7 Å². The number of aromatic nitrogens is 2. The maximum absolute atomic E-state index is 12.1. The van der Waals surface area contributed by atoms with E-state index < -0.39 is 0 Å². The standard InChI is InChI=1S/C26H36N8O2/c1-3-20-17-22(33-12-10-32(2)11-13-33)5-6-23(20)30-26-29-19-21(18-27)25(31-26)28-8-4-9-34-14-16-36-15-7-24(34)35/h5-6,17,19H,3-4,7-16H2,1-2H3,(H2,28,29,30,31). The Morgan fingerprint density at radius 1 is 1.17 bits per heavy atom. The van der Waals surface area contributed by atoms with Crippen molar-refractivity contribution < 1.29 is 9.53 Å². The summed E-state index contributed by atoms with van der Waals surface area (Å²) in [4.78, 5) is 27.7. The van der Waals surface area contributed by atoms with Crippen molar-refractivity contribution in [2.45, 2.75) is 26.2 Å². The minimum absolute atomic E-state index is 0.129. The van der Waals surface area contributed by atoms with Gasteiger partial charge in [-0.3, -0.25) is 4.79 Å². The molecule has 10 nitrogen and oxygen atoms in total. The van der Waals surface area contributed by atoms with Gasteiger partial charge in [-0.2, -0.15) is 10.2 Å². The van der Waals surface area contributed by atoms with E-state index >= 15 is 0 Å². The van der Waals surface area contributed by atoms with Gasteiger partial charge in [0.1, 0.15) is 17.5 Å². The fourth-order valence-electron chi connectivity index (χ4n) is 4.47. The molecule has 2 fully saturated rings. The normalized spacial score (nSPS) is 17.0. The van der Waals surface area contributed by atoms with Gasteiger partial charge in [-0.05, 0) is 43.7 Å². The lowest BCUT2D eigenvalue weighted by Gasteiger charge is -2.34. The second-order valence-corrected chi connectivity index (χ2v) is 9.20. The molecule has 0 saturated carbocycles. The van der Waals surface area contributed by atoms with E-state index in [2.05, 4.69) is 68.6 Å². The number of aryl methyl sites for hydroxylation is 1. The summed E-state index contributed by atoms with van der Waals surface area (Å²) < 4.78 is 5.38. The van der Waals surface area contributed by atoms with Gasteiger partial charge in [-0.15, -0.1) is 0 Å². The smallest absolute Gasteiger partial charge is 0.229 e. The average Bonchev–Trinajstić information content (AvgIpc) is 3.11. The molecule has 2 N–H and O–H groups in total. The first kappa shape index (κ1) is 25.7. The first-order valence-corrected chi connectivity index (χ1v) is 12.8. The van der Waals surface area contributed by atoms with Crippen molar-refractivity contribution in [1.29, 1.82) is 5.26 Å². The first-order valence-electron chi connectivity index (χ1n) is 12.8. The molecule has 2 aliphatic heterocycles. The van der Waals surface area contributed by atoms with Gasteiger partial charge in [-0.25, -0.2) is 4.98 Å². The predicted octanol–water partition coefficient (Wildman–Crippen LogP) is 2.46. The summed E-state index contributed by atoms with van der Waals surface area (Å²) in [5.41, 5.74) is 3.79. The van der Waals surface area contributed by atoms with Crippen LogP contribution in [0, 0.1) is 11.3 Å². The SMILES string of the molecule is CCc1cc(N2CCN(C)CC2)ccc1Nc1ncc(C#N)c(NCCCN2CCOCCC2=O)n1. The fourth-order valence-corrected chi connectivity index (χ4v) is 4.47. The quantitative estimate of drug-likeness (QED) is 0.510. The summed E-state index contributed by atoms with van der Waals surface area (Å²) in [5.74, 6) is 1.06. The molecule has 192 valence electrons. The van der Waals surface area contributed by atoms with Crippen molar-refractivity contribution in [1.82, 2.24) is 19.8 Å². The lowest BCUT2D eigenvalue weighted by Crippen LogP contribution is -2.44. The van der Waals surface area contributed by atoms with E-state index in [1.54, 1.807) is 0 Å². The summed E-state index contributed by atoms with van der Waals surface area (Å²) in [7, 11) is 2.16. The summed E-state index contributed by atoms with van der Waals surface area (Å²) >= 11 is 0. The van der Waals surface area contributed by atoms with Crippen LogP contribution in [0.15, 0.2) is 24.4 Å². The van der Waals surface area contributed by atoms with Crippen molar-refractivity contribution in [2.75, 3.05) is 81.6 Å². The molecule has 10 heteroatoms. The van der Waals surface area contributed by atoms with E-state index in [1.807, 2.05) is 4.90 Å². The van der Waals surface area contributed by atoms with Crippen LogP contribution < -0.4 is 15.5 Å². The molecule has 3 heterocycles. The molecule has 4 rings (SSSR count). The van der Waals surface area contributed by atoms with Gasteiger partial charge in [-0.1, -0.05) is 6.92 Å². The predicted molar refractivity (Wildman–Crippen MR) is 141 cm³/mol. The van der Waals surface area contributed by atoms with Crippen molar-refractivity contribution in [3.8, 4) is 6.07 Å². The minimum Gasteiger partial charge on any atom is -0.379 e. The summed E-state index contributed by atoms with van der Waals surface area (Å²) in [6, 6.07) is 8.63. The Kier molecular flexibility index (Phi) is 8.92. The Hall–Kier alpha value is -3.42. The monoisotopic (exact) mass is 492 g/mol. The lowest BCUT2D eigenvalue weighted by atomic mass is 10.1. The maximum atomic E-state index is 12.1. The third-order valence-electron chi connectivity index (χ3n) is 6.71. The summed E-state index contributed by atoms with van der Waals surface area (Å²) in [5, 5.41) is 16.1. The molecule has 0 spiro atoms. The van der Waals surface area contributed by atoms with Crippen molar-refractivity contribution in [3.63, 3.8) is 0 Å². The number of rotatable bonds is 9. The van der Waals surface area contributed by atoms with Gasteiger partial charge in [0.2, 0.25) is 11.9 Å². The maximum Gasteiger partial charge on any atom is 0.229 e. The van der Waals surface area contributed by atoms with Crippen LogP contribution in [0.25, 0.3) is 0 Å². The Labute approximate surface area is 213 Å². The zero-order valence-electron chi connectivity index (χ0n) is 21.3. The van der Waals surface area contributed by atoms with Crippen molar-refractivity contribution >= 4 is 29.0 Å². The topological polar surface area (TPSA) is 110 Å². The summed E-state index contributed by atoms with van der Waals surface area (Å²) in [6.45, 7) is 9.27. The van der Waals surface area contributed by atoms with Crippen molar-refractivity contribution in [3.05, 3.63) is 35.5 Å². The number of carbonyl (C=O) groups excluding carboxylic acids is 1. The molecular weight excluding hydrogens is 456 g/mol. The number of nitrogens with one attached hydrogen (secondary N) is 2. The van der Waals surface area contributed by atoms with Gasteiger partial charge in [0.15, 0.2) is 0 Å². The van der Waals surface area contributed by atoms with E-state index in [4.69, 9.17) is 4.74 Å². The van der Waals surface area contributed by atoms with Crippen LogP contribution in [0.1, 0.15) is 30.9 Å². The Bertz CT molecular complexity index is 1080. The number of likely N-dealkylation sites (N-methyl/N-ethyl adjacent to an activating group) is 1. The number of amides is 1. The van der Waals surface area contributed by atoms with Crippen LogP contribution in [0.2, 0.25) is 0 Å². The van der Waals surface area contributed by atoms with E-state index in [9.17, 15) is 10.1 Å². The van der Waals surface area contributed by atoms with E-state index in [0.29, 0.717) is 56.6 Å². The van der Waals surface area contributed by atoms with Crippen LogP contribution in [0.5, 0.6) is 0 Å². The second-order valence-electron chi connectivity index (χ2n) is 9.20. The van der Waals surface area contributed by atoms with Gasteiger partial charge in [0, 0.05) is 57.2 Å². The van der Waals surface area contributed by atoms with E-state index in [-0.39, 0.29) is 5.91 Å². The molecule has 36 heavy (non-hydrogen) atoms. The van der Waals surface area contributed by atoms with Crippen LogP contribution >= 0.6 is 0 Å². The zero-order valence-corrected chi connectivity index (χ0v) is 21.3.